The second-order valence-electron chi connectivity index (χ2n) is 4.16. The maximum Gasteiger partial charge on any atom is 0.225 e. The number of ether oxygens (including phenoxy) is 1. The summed E-state index contributed by atoms with van der Waals surface area (Å²) in [5, 5.41) is 6.07. The van der Waals surface area contributed by atoms with Gasteiger partial charge in [-0.15, -0.1) is 0 Å². The van der Waals surface area contributed by atoms with Gasteiger partial charge in [-0.1, -0.05) is 0 Å². The minimum atomic E-state index is 0.211. The molecule has 0 aliphatic carbocycles. The molecule has 0 bridgehead atoms. The molecule has 2 rings (SSSR count). The predicted octanol–water partition coefficient (Wildman–Crippen LogP) is -0.251. The molecule has 2 fully saturated rings. The van der Waals surface area contributed by atoms with Crippen LogP contribution >= 0.6 is 0 Å². The van der Waals surface area contributed by atoms with Gasteiger partial charge in [0.15, 0.2) is 0 Å². The Morgan fingerprint density at radius 1 is 1.50 bits per heavy atom. The summed E-state index contributed by atoms with van der Waals surface area (Å²) in [6.45, 7) is 4.27. The quantitative estimate of drug-likeness (QED) is 0.655. The number of amides is 1. The van der Waals surface area contributed by atoms with Gasteiger partial charge in [-0.3, -0.25) is 4.79 Å². The van der Waals surface area contributed by atoms with Gasteiger partial charge in [-0.25, -0.2) is 0 Å². The zero-order chi connectivity index (χ0) is 9.80. The molecular weight excluding hydrogens is 180 g/mol. The Hall–Kier alpha value is -0.610. The van der Waals surface area contributed by atoms with E-state index in [2.05, 4.69) is 10.6 Å². The van der Waals surface area contributed by atoms with Crippen LogP contribution < -0.4 is 10.6 Å². The fourth-order valence-electron chi connectivity index (χ4n) is 1.83. The van der Waals surface area contributed by atoms with Crippen LogP contribution in [0, 0.1) is 11.8 Å². The monoisotopic (exact) mass is 198 g/mol. The molecule has 1 atom stereocenters. The smallest absolute Gasteiger partial charge is 0.225 e. The molecule has 1 unspecified atom stereocenters. The second-order valence-corrected chi connectivity index (χ2v) is 4.16. The molecule has 14 heavy (non-hydrogen) atoms. The van der Waals surface area contributed by atoms with Crippen LogP contribution in [0.3, 0.4) is 0 Å². The minimum absolute atomic E-state index is 0.211. The van der Waals surface area contributed by atoms with E-state index in [0.717, 1.165) is 45.7 Å². The van der Waals surface area contributed by atoms with E-state index in [4.69, 9.17) is 4.74 Å². The molecule has 2 aliphatic rings. The molecule has 2 N–H and O–H groups in total. The van der Waals surface area contributed by atoms with E-state index in [9.17, 15) is 4.79 Å². The van der Waals surface area contributed by atoms with Crippen LogP contribution in [0.15, 0.2) is 0 Å². The first kappa shape index (κ1) is 9.93. The van der Waals surface area contributed by atoms with Gasteiger partial charge >= 0.3 is 0 Å². The third kappa shape index (κ3) is 2.45. The van der Waals surface area contributed by atoms with Crippen molar-refractivity contribution in [2.24, 2.45) is 11.8 Å². The highest BCUT2D eigenvalue weighted by Crippen LogP contribution is 2.15. The Labute approximate surface area is 84.4 Å². The van der Waals surface area contributed by atoms with Gasteiger partial charge in [0.1, 0.15) is 0 Å². The third-order valence-corrected chi connectivity index (χ3v) is 3.03. The number of nitrogens with one attached hydrogen (secondary N) is 2. The average molecular weight is 198 g/mol. The van der Waals surface area contributed by atoms with Gasteiger partial charge < -0.3 is 15.4 Å². The number of hydrogen-bond donors (Lipinski definition) is 2. The summed E-state index contributed by atoms with van der Waals surface area (Å²) in [6, 6.07) is 0. The zero-order valence-electron chi connectivity index (χ0n) is 8.42. The van der Waals surface area contributed by atoms with E-state index in [1.54, 1.807) is 0 Å². The Bertz CT molecular complexity index is 198. The summed E-state index contributed by atoms with van der Waals surface area (Å²) < 4.78 is 5.27. The number of hydrogen-bond acceptors (Lipinski definition) is 3. The summed E-state index contributed by atoms with van der Waals surface area (Å²) in [6.07, 6.45) is 2.22. The fourth-order valence-corrected chi connectivity index (χ4v) is 1.83. The van der Waals surface area contributed by atoms with Crippen molar-refractivity contribution in [1.29, 1.82) is 0 Å². The van der Waals surface area contributed by atoms with Crippen LogP contribution in [0.25, 0.3) is 0 Å². The maximum atomic E-state index is 11.4. The lowest BCUT2D eigenvalue weighted by Crippen LogP contribution is -2.51. The molecule has 2 aliphatic heterocycles. The lowest BCUT2D eigenvalue weighted by Gasteiger charge is -2.25. The molecule has 0 aromatic heterocycles. The summed E-state index contributed by atoms with van der Waals surface area (Å²) in [7, 11) is 0. The van der Waals surface area contributed by atoms with Gasteiger partial charge in [-0.2, -0.15) is 0 Å². The van der Waals surface area contributed by atoms with Crippen LogP contribution in [0.5, 0.6) is 0 Å². The summed E-state index contributed by atoms with van der Waals surface area (Å²) >= 11 is 0. The van der Waals surface area contributed by atoms with Crippen molar-refractivity contribution in [2.75, 3.05) is 32.8 Å². The largest absolute Gasteiger partial charge is 0.381 e. The van der Waals surface area contributed by atoms with Crippen LogP contribution in [-0.2, 0) is 9.53 Å². The second kappa shape index (κ2) is 4.75. The molecule has 1 amide bonds. The van der Waals surface area contributed by atoms with Gasteiger partial charge in [0, 0.05) is 32.8 Å². The standard InChI is InChI=1S/C10H18N2O2/c13-10(9-5-11-6-9)12-3-1-8-2-4-14-7-8/h8-9,11H,1-7H2,(H,12,13). The van der Waals surface area contributed by atoms with Crippen molar-refractivity contribution in [2.45, 2.75) is 12.8 Å². The Morgan fingerprint density at radius 2 is 2.36 bits per heavy atom. The molecule has 80 valence electrons. The summed E-state index contributed by atoms with van der Waals surface area (Å²) in [5.74, 6) is 1.09. The highest BCUT2D eigenvalue weighted by molar-refractivity contribution is 5.79. The molecule has 2 saturated heterocycles. The SMILES string of the molecule is O=C(NCCC1CCOC1)C1CNC1. The van der Waals surface area contributed by atoms with Crippen LogP contribution in [0.4, 0.5) is 0 Å². The third-order valence-electron chi connectivity index (χ3n) is 3.03. The molecule has 4 nitrogen and oxygen atoms in total. The van der Waals surface area contributed by atoms with Gasteiger partial charge in [0.2, 0.25) is 5.91 Å². The van der Waals surface area contributed by atoms with Crippen molar-refractivity contribution >= 4 is 5.91 Å². The van der Waals surface area contributed by atoms with E-state index in [-0.39, 0.29) is 11.8 Å². The normalized spacial score (nSPS) is 27.3. The first-order chi connectivity index (χ1) is 6.86. The molecule has 2 heterocycles. The molecule has 0 aromatic carbocycles. The minimum Gasteiger partial charge on any atom is -0.381 e. The zero-order valence-corrected chi connectivity index (χ0v) is 8.42. The molecule has 0 saturated carbocycles. The average Bonchev–Trinajstić information content (AvgIpc) is 2.53. The first-order valence-corrected chi connectivity index (χ1v) is 5.42. The molecule has 4 heteroatoms. The Balaban J connectivity index is 1.55. The molecule has 0 radical (unpaired) electrons. The number of carbonyl (C=O) groups is 1. The molecular formula is C10H18N2O2. The van der Waals surface area contributed by atoms with Crippen molar-refractivity contribution in [3.63, 3.8) is 0 Å². The highest BCUT2D eigenvalue weighted by Gasteiger charge is 2.24. The van der Waals surface area contributed by atoms with Crippen molar-refractivity contribution in [1.82, 2.24) is 10.6 Å². The Morgan fingerprint density at radius 3 is 2.93 bits per heavy atom. The number of rotatable bonds is 4. The van der Waals surface area contributed by atoms with Crippen LogP contribution in [0.2, 0.25) is 0 Å². The van der Waals surface area contributed by atoms with Crippen LogP contribution in [0.1, 0.15) is 12.8 Å². The van der Waals surface area contributed by atoms with Crippen molar-refractivity contribution < 1.29 is 9.53 Å². The number of carbonyl (C=O) groups excluding carboxylic acids is 1. The molecule has 0 spiro atoms. The highest BCUT2D eigenvalue weighted by atomic mass is 16.5. The summed E-state index contributed by atoms with van der Waals surface area (Å²) in [5.41, 5.74) is 0. The van der Waals surface area contributed by atoms with E-state index < -0.39 is 0 Å². The fraction of sp³-hybridized carbons (Fsp3) is 0.900. The van der Waals surface area contributed by atoms with Gasteiger partial charge in [-0.05, 0) is 18.8 Å². The van der Waals surface area contributed by atoms with E-state index >= 15 is 0 Å². The predicted molar refractivity (Wildman–Crippen MR) is 52.9 cm³/mol. The molecule has 0 aromatic rings. The van der Waals surface area contributed by atoms with Crippen molar-refractivity contribution in [3.8, 4) is 0 Å². The van der Waals surface area contributed by atoms with Gasteiger partial charge in [0.05, 0.1) is 5.92 Å². The lowest BCUT2D eigenvalue weighted by molar-refractivity contribution is -0.126. The van der Waals surface area contributed by atoms with Gasteiger partial charge in [0.25, 0.3) is 0 Å². The maximum absolute atomic E-state index is 11.4. The Kier molecular flexibility index (Phi) is 3.37. The van der Waals surface area contributed by atoms with E-state index in [1.165, 1.54) is 0 Å². The first-order valence-electron chi connectivity index (χ1n) is 5.42. The van der Waals surface area contributed by atoms with Crippen LogP contribution in [-0.4, -0.2) is 38.8 Å². The topological polar surface area (TPSA) is 50.4 Å². The summed E-state index contributed by atoms with van der Waals surface area (Å²) in [4.78, 5) is 11.4. The van der Waals surface area contributed by atoms with E-state index in [1.807, 2.05) is 0 Å². The van der Waals surface area contributed by atoms with Crippen molar-refractivity contribution in [3.05, 3.63) is 0 Å². The lowest BCUT2D eigenvalue weighted by atomic mass is 10.0. The van der Waals surface area contributed by atoms with E-state index in [0.29, 0.717) is 5.92 Å².